The van der Waals surface area contributed by atoms with Gasteiger partial charge >= 0.3 is 0 Å². The van der Waals surface area contributed by atoms with Crippen LogP contribution in [0.4, 0.5) is 21.5 Å². The minimum Gasteiger partial charge on any atom is -0.377 e. The van der Waals surface area contributed by atoms with Crippen molar-refractivity contribution in [2.24, 2.45) is 0 Å². The second-order valence-electron chi connectivity index (χ2n) is 9.21. The van der Waals surface area contributed by atoms with E-state index < -0.39 is 5.82 Å². The minimum absolute atomic E-state index is 0.241. The zero-order valence-corrected chi connectivity index (χ0v) is 21.5. The van der Waals surface area contributed by atoms with Crippen LogP contribution in [-0.2, 0) is 4.74 Å². The first-order valence-electron chi connectivity index (χ1n) is 12.2. The predicted octanol–water partition coefficient (Wildman–Crippen LogP) is 4.46. The quantitative estimate of drug-likeness (QED) is 0.266. The van der Waals surface area contributed by atoms with Gasteiger partial charge < -0.3 is 20.8 Å². The summed E-state index contributed by atoms with van der Waals surface area (Å²) in [6.45, 7) is 2.88. The van der Waals surface area contributed by atoms with Crippen molar-refractivity contribution >= 4 is 39.6 Å². The van der Waals surface area contributed by atoms with Crippen molar-refractivity contribution in [3.63, 3.8) is 0 Å². The van der Waals surface area contributed by atoms with E-state index in [1.165, 1.54) is 18.5 Å². The fourth-order valence-corrected chi connectivity index (χ4v) is 4.67. The number of nitrogens with one attached hydrogen (secondary N) is 4. The molecule has 196 valence electrons. The third kappa shape index (κ3) is 4.88. The molecular weight excluding hydrogens is 521 g/mol. The Hall–Kier alpha value is -4.50. The number of benzene rings is 1. The van der Waals surface area contributed by atoms with Crippen molar-refractivity contribution < 1.29 is 9.13 Å². The van der Waals surface area contributed by atoms with Crippen LogP contribution in [0.5, 0.6) is 0 Å². The maximum Gasteiger partial charge on any atom is 0.146 e. The number of nitriles is 1. The number of hydrogen-bond donors (Lipinski definition) is 4. The van der Waals surface area contributed by atoms with E-state index >= 15 is 0 Å². The van der Waals surface area contributed by atoms with Gasteiger partial charge in [-0.3, -0.25) is 20.0 Å². The molecule has 0 spiro atoms. The maximum absolute atomic E-state index is 14.2. The highest BCUT2D eigenvalue weighted by molar-refractivity contribution is 6.36. The monoisotopic (exact) mass is 543 g/mol. The Morgan fingerprint density at radius 1 is 1.21 bits per heavy atom. The van der Waals surface area contributed by atoms with Gasteiger partial charge in [0, 0.05) is 41.9 Å². The lowest BCUT2D eigenvalue weighted by molar-refractivity contribution is -0.0635. The third-order valence-corrected chi connectivity index (χ3v) is 6.89. The van der Waals surface area contributed by atoms with Gasteiger partial charge in [0.05, 0.1) is 70.4 Å². The molecule has 0 aliphatic carbocycles. The van der Waals surface area contributed by atoms with E-state index in [0.29, 0.717) is 46.2 Å². The Labute approximate surface area is 228 Å². The number of anilines is 3. The smallest absolute Gasteiger partial charge is 0.146 e. The molecule has 4 aromatic rings. The van der Waals surface area contributed by atoms with Crippen molar-refractivity contribution in [2.75, 3.05) is 23.8 Å². The SMILES string of the molecule is Cc1ncc(Nc2c(C#N)cnc3c(Cl)cc(N[C@H](C4=CN(C5COC5)NN4)c4cccnc4)cc23)cc1F. The van der Waals surface area contributed by atoms with Crippen LogP contribution in [0.1, 0.15) is 22.9 Å². The molecule has 6 rings (SSSR count). The fraction of sp³-hybridized carbons (Fsp3) is 0.185. The number of ether oxygens (including phenoxy) is 1. The molecule has 3 aromatic heterocycles. The Bertz CT molecular complexity index is 1620. The number of rotatable bonds is 7. The molecule has 0 amide bonds. The van der Waals surface area contributed by atoms with Crippen LogP contribution >= 0.6 is 11.6 Å². The number of pyridine rings is 3. The van der Waals surface area contributed by atoms with Crippen molar-refractivity contribution in [1.82, 2.24) is 30.9 Å². The van der Waals surface area contributed by atoms with Gasteiger partial charge in [0.2, 0.25) is 0 Å². The lowest BCUT2D eigenvalue weighted by atomic mass is 10.0. The molecular formula is C27H23ClFN9O. The van der Waals surface area contributed by atoms with E-state index in [2.05, 4.69) is 42.6 Å². The van der Waals surface area contributed by atoms with Gasteiger partial charge in [-0.2, -0.15) is 5.26 Å². The molecule has 1 saturated heterocycles. The van der Waals surface area contributed by atoms with Crippen LogP contribution in [0.3, 0.4) is 0 Å². The Balaban J connectivity index is 1.40. The summed E-state index contributed by atoms with van der Waals surface area (Å²) in [7, 11) is 0. The van der Waals surface area contributed by atoms with Gasteiger partial charge in [0.25, 0.3) is 0 Å². The van der Waals surface area contributed by atoms with Gasteiger partial charge in [-0.05, 0) is 30.7 Å². The molecule has 2 aliphatic heterocycles. The summed E-state index contributed by atoms with van der Waals surface area (Å²) in [5.41, 5.74) is 10.8. The first kappa shape index (κ1) is 24.8. The van der Waals surface area contributed by atoms with E-state index in [1.54, 1.807) is 25.4 Å². The zero-order chi connectivity index (χ0) is 26.9. The summed E-state index contributed by atoms with van der Waals surface area (Å²) in [4.78, 5) is 12.8. The van der Waals surface area contributed by atoms with Gasteiger partial charge in [0.1, 0.15) is 11.9 Å². The number of nitrogens with zero attached hydrogens (tertiary/aromatic N) is 5. The lowest BCUT2D eigenvalue weighted by Crippen LogP contribution is -2.52. The molecule has 12 heteroatoms. The lowest BCUT2D eigenvalue weighted by Gasteiger charge is -2.33. The van der Waals surface area contributed by atoms with Crippen LogP contribution < -0.4 is 21.6 Å². The van der Waals surface area contributed by atoms with Crippen LogP contribution in [0.15, 0.2) is 67.0 Å². The van der Waals surface area contributed by atoms with Crippen LogP contribution in [0.2, 0.25) is 5.02 Å². The average Bonchev–Trinajstić information content (AvgIpc) is 3.38. The second-order valence-corrected chi connectivity index (χ2v) is 9.62. The third-order valence-electron chi connectivity index (χ3n) is 6.60. The summed E-state index contributed by atoms with van der Waals surface area (Å²) in [6.07, 6.45) is 8.47. The molecule has 4 N–H and O–H groups in total. The molecule has 0 saturated carbocycles. The molecule has 0 unspecified atom stereocenters. The topological polar surface area (TPSA) is 123 Å². The fourth-order valence-electron chi connectivity index (χ4n) is 4.41. The average molecular weight is 544 g/mol. The number of aromatic nitrogens is 3. The summed E-state index contributed by atoms with van der Waals surface area (Å²) in [5.74, 6) is -0.454. The summed E-state index contributed by atoms with van der Waals surface area (Å²) < 4.78 is 19.5. The standard InChI is InChI=1S/C27H23ClFN9O/c1-15-23(29)7-19(11-32-15)35-25-17(8-30)10-33-27-21(25)5-18(6-22(27)28)34-26(16-3-2-4-31-9-16)24-12-38(37-36-24)20-13-39-14-20/h2-7,9-12,20,26,34,36-37H,13-14H2,1H3,(H,33,35)/t26-/m0/s1. The van der Waals surface area contributed by atoms with E-state index in [9.17, 15) is 9.65 Å². The van der Waals surface area contributed by atoms with E-state index in [0.717, 1.165) is 11.3 Å². The van der Waals surface area contributed by atoms with Crippen LogP contribution in [0.25, 0.3) is 10.9 Å². The van der Waals surface area contributed by atoms with E-state index in [-0.39, 0.29) is 23.3 Å². The first-order valence-corrected chi connectivity index (χ1v) is 12.6. The highest BCUT2D eigenvalue weighted by atomic mass is 35.5. The number of hydrazine groups is 2. The largest absolute Gasteiger partial charge is 0.377 e. The Morgan fingerprint density at radius 2 is 2.08 bits per heavy atom. The second kappa shape index (κ2) is 10.3. The van der Waals surface area contributed by atoms with Gasteiger partial charge in [-0.1, -0.05) is 17.7 Å². The Kier molecular flexibility index (Phi) is 6.58. The number of fused-ring (bicyclic) bond motifs is 1. The highest BCUT2D eigenvalue weighted by Gasteiger charge is 2.30. The van der Waals surface area contributed by atoms with Crippen molar-refractivity contribution in [3.8, 4) is 6.07 Å². The molecule has 0 radical (unpaired) electrons. The molecule has 39 heavy (non-hydrogen) atoms. The molecule has 1 atom stereocenters. The summed E-state index contributed by atoms with van der Waals surface area (Å²) in [6, 6.07) is 10.9. The van der Waals surface area contributed by atoms with Crippen LogP contribution in [0, 0.1) is 24.1 Å². The van der Waals surface area contributed by atoms with Crippen molar-refractivity contribution in [2.45, 2.75) is 19.0 Å². The highest BCUT2D eigenvalue weighted by Crippen LogP contribution is 2.37. The molecule has 2 aliphatic rings. The minimum atomic E-state index is -0.454. The van der Waals surface area contributed by atoms with E-state index in [1.807, 2.05) is 29.4 Å². The molecule has 5 heterocycles. The number of halogens is 2. The molecule has 1 fully saturated rings. The molecule has 10 nitrogen and oxygen atoms in total. The number of hydrogen-bond acceptors (Lipinski definition) is 10. The zero-order valence-electron chi connectivity index (χ0n) is 20.7. The van der Waals surface area contributed by atoms with Gasteiger partial charge in [-0.25, -0.2) is 4.39 Å². The van der Waals surface area contributed by atoms with E-state index in [4.69, 9.17) is 16.3 Å². The Morgan fingerprint density at radius 3 is 2.79 bits per heavy atom. The summed E-state index contributed by atoms with van der Waals surface area (Å²) in [5, 5.41) is 19.5. The summed E-state index contributed by atoms with van der Waals surface area (Å²) >= 11 is 6.70. The normalized spacial score (nSPS) is 15.7. The molecule has 0 bridgehead atoms. The van der Waals surface area contributed by atoms with Gasteiger partial charge in [0.15, 0.2) is 0 Å². The van der Waals surface area contributed by atoms with Gasteiger partial charge in [-0.15, -0.1) is 5.53 Å². The maximum atomic E-state index is 14.2. The van der Waals surface area contributed by atoms with Crippen molar-refractivity contribution in [3.05, 3.63) is 94.7 Å². The first-order chi connectivity index (χ1) is 19.0. The number of aryl methyl sites for hydroxylation is 1. The van der Waals surface area contributed by atoms with Crippen LogP contribution in [-0.4, -0.2) is 39.2 Å². The molecule has 1 aromatic carbocycles. The predicted molar refractivity (Wildman–Crippen MR) is 145 cm³/mol. The van der Waals surface area contributed by atoms with Crippen molar-refractivity contribution in [1.29, 1.82) is 5.26 Å².